The van der Waals surface area contributed by atoms with Gasteiger partial charge in [0.15, 0.2) is 0 Å². The molecule has 0 aromatic rings. The van der Waals surface area contributed by atoms with Gasteiger partial charge >= 0.3 is 0 Å². The molecule has 6 aliphatic rings. The number of piperidine rings is 2. The number of allylic oxidation sites excluding steroid dienone is 1. The lowest BCUT2D eigenvalue weighted by molar-refractivity contribution is -0.175. The quantitative estimate of drug-likeness (QED) is 0.569. The zero-order valence-electron chi connectivity index (χ0n) is 19.4. The Morgan fingerprint density at radius 1 is 0.933 bits per heavy atom. The van der Waals surface area contributed by atoms with Crippen LogP contribution in [-0.2, 0) is 0 Å². The summed E-state index contributed by atoms with van der Waals surface area (Å²) in [6.45, 7) is 9.57. The highest BCUT2D eigenvalue weighted by molar-refractivity contribution is 5.26. The molecule has 0 bridgehead atoms. The minimum absolute atomic E-state index is 0.111. The number of aliphatic hydroxyl groups excluding tert-OH is 1. The Bertz CT molecular complexity index is 730. The Kier molecular flexibility index (Phi) is 4.60. The van der Waals surface area contributed by atoms with Gasteiger partial charge in [-0.2, -0.15) is 0 Å². The molecule has 2 saturated heterocycles. The van der Waals surface area contributed by atoms with E-state index in [0.29, 0.717) is 23.3 Å². The van der Waals surface area contributed by atoms with Gasteiger partial charge in [-0.3, -0.25) is 4.90 Å². The van der Waals surface area contributed by atoms with Crippen LogP contribution in [0.2, 0.25) is 0 Å². The Labute approximate surface area is 183 Å². The van der Waals surface area contributed by atoms with Crippen LogP contribution in [0, 0.1) is 46.8 Å². The second-order valence-corrected chi connectivity index (χ2v) is 12.8. The van der Waals surface area contributed by atoms with E-state index >= 15 is 0 Å². The van der Waals surface area contributed by atoms with Crippen molar-refractivity contribution in [1.82, 2.24) is 4.90 Å². The van der Waals surface area contributed by atoms with Crippen LogP contribution in [0.5, 0.6) is 0 Å². The van der Waals surface area contributed by atoms with E-state index in [9.17, 15) is 10.2 Å². The summed E-state index contributed by atoms with van der Waals surface area (Å²) in [7, 11) is 0. The van der Waals surface area contributed by atoms with E-state index in [1.807, 2.05) is 0 Å². The first-order chi connectivity index (χ1) is 14.3. The molecule has 0 unspecified atom stereocenters. The molecule has 6 rings (SSSR count). The molecule has 3 nitrogen and oxygen atoms in total. The van der Waals surface area contributed by atoms with E-state index in [1.165, 1.54) is 58.0 Å². The van der Waals surface area contributed by atoms with Gasteiger partial charge in [-0.1, -0.05) is 25.5 Å². The molecule has 0 radical (unpaired) electrons. The fraction of sp³-hybridized carbons (Fsp3) is 0.926. The first kappa shape index (κ1) is 20.2. The molecule has 168 valence electrons. The van der Waals surface area contributed by atoms with Crippen molar-refractivity contribution in [2.24, 2.45) is 46.8 Å². The van der Waals surface area contributed by atoms with Crippen molar-refractivity contribution < 1.29 is 10.2 Å². The zero-order chi connectivity index (χ0) is 20.8. The van der Waals surface area contributed by atoms with Crippen LogP contribution in [0.1, 0.15) is 78.6 Å². The Morgan fingerprint density at radius 2 is 1.77 bits per heavy atom. The average Bonchev–Trinajstić information content (AvgIpc) is 3.09. The maximum absolute atomic E-state index is 11.8. The van der Waals surface area contributed by atoms with Crippen LogP contribution in [-0.4, -0.2) is 45.9 Å². The largest absolute Gasteiger partial charge is 0.393 e. The maximum Gasteiger partial charge on any atom is 0.0805 e. The van der Waals surface area contributed by atoms with Crippen LogP contribution in [0.4, 0.5) is 0 Å². The zero-order valence-corrected chi connectivity index (χ0v) is 19.4. The lowest BCUT2D eigenvalue weighted by Crippen LogP contribution is -2.67. The van der Waals surface area contributed by atoms with Crippen LogP contribution >= 0.6 is 0 Å². The van der Waals surface area contributed by atoms with Crippen molar-refractivity contribution in [1.29, 1.82) is 0 Å². The highest BCUT2D eigenvalue weighted by Gasteiger charge is 2.62. The second kappa shape index (κ2) is 6.81. The predicted octanol–water partition coefficient (Wildman–Crippen LogP) is 4.63. The number of fused-ring (bicyclic) bond motifs is 8. The normalized spacial score (nSPS) is 58.0. The molecule has 3 saturated carbocycles. The predicted molar refractivity (Wildman–Crippen MR) is 120 cm³/mol. The van der Waals surface area contributed by atoms with Gasteiger partial charge in [0.2, 0.25) is 0 Å². The standard InChI is InChI=1S/C27H43NO2/c1-16-4-9-25-27(3,30)23-8-7-19-20-6-5-17-12-18(29)10-11-26(17,2)24(20)13-21(19)22(23)15-28(25)14-16/h5,16,18-25,29-30H,4,6-15H2,1-3H3/t16-,18-,19-,20-,21+,22-,23-,24-,25-,26-,27-/m0/s1. The number of rotatable bonds is 0. The first-order valence-electron chi connectivity index (χ1n) is 13.1. The SMILES string of the molecule is C[C@H]1CC[C@@H]2N(C1)C[C@H]1[C@@H]3C[C@H]4[C@@H](CC=C5C[C@@H](O)CC[C@@]54C)[C@@H]3CC[C@@H]1[C@]2(C)O. The van der Waals surface area contributed by atoms with Gasteiger partial charge in [0.25, 0.3) is 0 Å². The highest BCUT2D eigenvalue weighted by atomic mass is 16.3. The Balaban J connectivity index is 1.30. The van der Waals surface area contributed by atoms with E-state index in [2.05, 4.69) is 31.7 Å². The van der Waals surface area contributed by atoms with Crippen molar-refractivity contribution in [3.8, 4) is 0 Å². The molecule has 5 fully saturated rings. The molecule has 11 atom stereocenters. The summed E-state index contributed by atoms with van der Waals surface area (Å²) in [5, 5.41) is 22.1. The van der Waals surface area contributed by atoms with Gasteiger partial charge in [-0.15, -0.1) is 0 Å². The summed E-state index contributed by atoms with van der Waals surface area (Å²) in [6.07, 6.45) is 13.2. The van der Waals surface area contributed by atoms with Gasteiger partial charge in [0.1, 0.15) is 0 Å². The van der Waals surface area contributed by atoms with E-state index < -0.39 is 5.60 Å². The fourth-order valence-corrected chi connectivity index (χ4v) is 9.98. The molecular weight excluding hydrogens is 370 g/mol. The van der Waals surface area contributed by atoms with Gasteiger partial charge < -0.3 is 10.2 Å². The van der Waals surface area contributed by atoms with Crippen molar-refractivity contribution in [2.45, 2.75) is 96.3 Å². The number of nitrogens with zero attached hydrogens (tertiary/aromatic N) is 1. The molecule has 2 heterocycles. The topological polar surface area (TPSA) is 43.7 Å². The summed E-state index contributed by atoms with van der Waals surface area (Å²) in [5.74, 6) is 5.30. The van der Waals surface area contributed by atoms with Gasteiger partial charge in [-0.25, -0.2) is 0 Å². The van der Waals surface area contributed by atoms with E-state index in [4.69, 9.17) is 0 Å². The minimum atomic E-state index is -0.510. The van der Waals surface area contributed by atoms with Crippen molar-refractivity contribution in [2.75, 3.05) is 13.1 Å². The first-order valence-corrected chi connectivity index (χ1v) is 13.1. The lowest BCUT2D eigenvalue weighted by Gasteiger charge is -2.59. The second-order valence-electron chi connectivity index (χ2n) is 12.8. The molecule has 0 spiro atoms. The third kappa shape index (κ3) is 2.73. The molecule has 30 heavy (non-hydrogen) atoms. The van der Waals surface area contributed by atoms with E-state index in [1.54, 1.807) is 5.57 Å². The maximum atomic E-state index is 11.8. The molecule has 3 heteroatoms. The Morgan fingerprint density at radius 3 is 2.60 bits per heavy atom. The average molecular weight is 414 g/mol. The molecule has 2 aliphatic heterocycles. The molecule has 0 amide bonds. The molecular formula is C27H43NO2. The Hall–Kier alpha value is -0.380. The fourth-order valence-electron chi connectivity index (χ4n) is 9.98. The van der Waals surface area contributed by atoms with Crippen molar-refractivity contribution in [3.63, 3.8) is 0 Å². The summed E-state index contributed by atoms with van der Waals surface area (Å²) >= 11 is 0. The van der Waals surface area contributed by atoms with Crippen molar-refractivity contribution >= 4 is 0 Å². The van der Waals surface area contributed by atoms with E-state index in [0.717, 1.165) is 42.4 Å². The molecule has 0 aromatic heterocycles. The minimum Gasteiger partial charge on any atom is -0.393 e. The third-order valence-electron chi connectivity index (χ3n) is 11.5. The smallest absolute Gasteiger partial charge is 0.0805 e. The van der Waals surface area contributed by atoms with Crippen LogP contribution in [0.15, 0.2) is 11.6 Å². The summed E-state index contributed by atoms with van der Waals surface area (Å²) in [4.78, 5) is 2.71. The molecule has 0 aromatic carbocycles. The van der Waals surface area contributed by atoms with Gasteiger partial charge in [0.05, 0.1) is 11.7 Å². The summed E-state index contributed by atoms with van der Waals surface area (Å²) < 4.78 is 0. The van der Waals surface area contributed by atoms with Crippen LogP contribution < -0.4 is 0 Å². The molecule has 2 N–H and O–H groups in total. The lowest BCUT2D eigenvalue weighted by atomic mass is 9.56. The third-order valence-corrected chi connectivity index (χ3v) is 11.5. The van der Waals surface area contributed by atoms with Crippen molar-refractivity contribution in [3.05, 3.63) is 11.6 Å². The summed E-state index contributed by atoms with van der Waals surface area (Å²) in [5.41, 5.74) is 1.40. The van der Waals surface area contributed by atoms with Crippen LogP contribution in [0.3, 0.4) is 0 Å². The van der Waals surface area contributed by atoms with Crippen LogP contribution in [0.25, 0.3) is 0 Å². The number of hydrogen-bond acceptors (Lipinski definition) is 3. The molecule has 4 aliphatic carbocycles. The number of hydrogen-bond donors (Lipinski definition) is 2. The summed E-state index contributed by atoms with van der Waals surface area (Å²) in [6, 6.07) is 0.390. The highest BCUT2D eigenvalue weighted by Crippen LogP contribution is 2.66. The van der Waals surface area contributed by atoms with Gasteiger partial charge in [-0.05, 0) is 112 Å². The number of aliphatic hydroxyl groups is 2. The monoisotopic (exact) mass is 413 g/mol. The van der Waals surface area contributed by atoms with Gasteiger partial charge in [0, 0.05) is 19.1 Å². The van der Waals surface area contributed by atoms with E-state index in [-0.39, 0.29) is 6.10 Å².